The van der Waals surface area contributed by atoms with E-state index in [0.717, 1.165) is 23.0 Å². The molecule has 0 aliphatic carbocycles. The molecule has 0 unspecified atom stereocenters. The number of hydrogen-bond acceptors (Lipinski definition) is 4. The number of aryl methyl sites for hydroxylation is 1. The van der Waals surface area contributed by atoms with Crippen LogP contribution < -0.4 is 11.1 Å². The van der Waals surface area contributed by atoms with Crippen LogP contribution in [0.2, 0.25) is 0 Å². The molecule has 6 nitrogen and oxygen atoms in total. The Bertz CT molecular complexity index is 709. The van der Waals surface area contributed by atoms with E-state index in [0.29, 0.717) is 0 Å². The number of hydrogen-bond donors (Lipinski definition) is 2. The summed E-state index contributed by atoms with van der Waals surface area (Å²) in [6.07, 6.45) is 1.80. The third-order valence-corrected chi connectivity index (χ3v) is 4.48. The van der Waals surface area contributed by atoms with E-state index in [9.17, 15) is 9.59 Å². The standard InChI is InChI=1S/C16H20N4O2S/c1-4-20-13(12-7-5-10(2)6-8-12)9-18-16(20)23-11(3)14(21)19-15(17)22/h5-9,11H,4H2,1-3H3,(H3,17,19,21,22)/t11-/m1/s1. The highest BCUT2D eigenvalue weighted by atomic mass is 32.2. The lowest BCUT2D eigenvalue weighted by molar-refractivity contribution is -0.119. The van der Waals surface area contributed by atoms with E-state index >= 15 is 0 Å². The first-order chi connectivity index (χ1) is 10.9. The fourth-order valence-electron chi connectivity index (χ4n) is 2.15. The van der Waals surface area contributed by atoms with Crippen molar-refractivity contribution < 1.29 is 9.59 Å². The van der Waals surface area contributed by atoms with Gasteiger partial charge in [-0.2, -0.15) is 0 Å². The minimum absolute atomic E-state index is 0.426. The summed E-state index contributed by atoms with van der Waals surface area (Å²) in [6.45, 7) is 6.51. The topological polar surface area (TPSA) is 90.0 Å². The van der Waals surface area contributed by atoms with Gasteiger partial charge in [0, 0.05) is 6.54 Å². The second-order valence-corrected chi connectivity index (χ2v) is 6.46. The maximum Gasteiger partial charge on any atom is 0.318 e. The molecular formula is C16H20N4O2S. The van der Waals surface area contributed by atoms with Gasteiger partial charge in [-0.3, -0.25) is 10.1 Å². The summed E-state index contributed by atoms with van der Waals surface area (Å²) in [4.78, 5) is 27.0. The quantitative estimate of drug-likeness (QED) is 0.823. The smallest absolute Gasteiger partial charge is 0.318 e. The normalized spacial score (nSPS) is 12.0. The van der Waals surface area contributed by atoms with Crippen LogP contribution in [0, 0.1) is 6.92 Å². The third-order valence-electron chi connectivity index (χ3n) is 3.38. The van der Waals surface area contributed by atoms with Gasteiger partial charge in [0.05, 0.1) is 17.1 Å². The van der Waals surface area contributed by atoms with Crippen LogP contribution in [-0.2, 0) is 11.3 Å². The Morgan fingerprint density at radius 1 is 1.35 bits per heavy atom. The van der Waals surface area contributed by atoms with Gasteiger partial charge in [0.1, 0.15) is 0 Å². The zero-order valence-electron chi connectivity index (χ0n) is 13.4. The number of amides is 3. The summed E-state index contributed by atoms with van der Waals surface area (Å²) >= 11 is 1.30. The lowest BCUT2D eigenvalue weighted by atomic mass is 10.1. The first-order valence-electron chi connectivity index (χ1n) is 7.32. The summed E-state index contributed by atoms with van der Waals surface area (Å²) in [5.41, 5.74) is 8.24. The molecule has 23 heavy (non-hydrogen) atoms. The average Bonchev–Trinajstić information content (AvgIpc) is 2.89. The molecule has 3 N–H and O–H groups in total. The Balaban J connectivity index is 2.22. The fraction of sp³-hybridized carbons (Fsp3) is 0.312. The van der Waals surface area contributed by atoms with Crippen LogP contribution in [0.5, 0.6) is 0 Å². The number of carbonyl (C=O) groups excluding carboxylic acids is 2. The van der Waals surface area contributed by atoms with Gasteiger partial charge in [0.15, 0.2) is 5.16 Å². The number of rotatable bonds is 5. The SMILES string of the molecule is CCn1c(-c2ccc(C)cc2)cnc1S[C@H](C)C(=O)NC(N)=O. The van der Waals surface area contributed by atoms with Crippen molar-refractivity contribution in [3.63, 3.8) is 0 Å². The number of imidazole rings is 1. The van der Waals surface area contributed by atoms with Crippen LogP contribution in [0.25, 0.3) is 11.3 Å². The predicted octanol–water partition coefficient (Wildman–Crippen LogP) is 2.55. The highest BCUT2D eigenvalue weighted by molar-refractivity contribution is 8.00. The van der Waals surface area contributed by atoms with E-state index in [1.165, 1.54) is 17.3 Å². The molecular weight excluding hydrogens is 312 g/mol. The number of primary amides is 1. The molecule has 7 heteroatoms. The first-order valence-corrected chi connectivity index (χ1v) is 8.19. The van der Waals surface area contributed by atoms with E-state index in [4.69, 9.17) is 5.73 Å². The molecule has 0 fully saturated rings. The zero-order valence-corrected chi connectivity index (χ0v) is 14.2. The van der Waals surface area contributed by atoms with Crippen molar-refractivity contribution in [3.05, 3.63) is 36.0 Å². The van der Waals surface area contributed by atoms with Crippen molar-refractivity contribution in [3.8, 4) is 11.3 Å². The zero-order chi connectivity index (χ0) is 17.0. The number of urea groups is 1. The highest BCUT2D eigenvalue weighted by Gasteiger charge is 2.20. The summed E-state index contributed by atoms with van der Waals surface area (Å²) in [5, 5.41) is 2.35. The van der Waals surface area contributed by atoms with Gasteiger partial charge in [0.25, 0.3) is 0 Å². The van der Waals surface area contributed by atoms with E-state index in [2.05, 4.69) is 34.6 Å². The van der Waals surface area contributed by atoms with Crippen molar-refractivity contribution in [1.29, 1.82) is 0 Å². The Morgan fingerprint density at radius 3 is 2.57 bits per heavy atom. The number of aromatic nitrogens is 2. The lowest BCUT2D eigenvalue weighted by Gasteiger charge is -2.12. The van der Waals surface area contributed by atoms with E-state index in [-0.39, 0.29) is 0 Å². The Labute approximate surface area is 139 Å². The average molecular weight is 332 g/mol. The van der Waals surface area contributed by atoms with Crippen LogP contribution in [0.3, 0.4) is 0 Å². The second-order valence-electron chi connectivity index (χ2n) is 5.15. The van der Waals surface area contributed by atoms with E-state index < -0.39 is 17.2 Å². The van der Waals surface area contributed by atoms with Crippen molar-refractivity contribution in [1.82, 2.24) is 14.9 Å². The fourth-order valence-corrected chi connectivity index (χ4v) is 3.10. The van der Waals surface area contributed by atoms with Crippen molar-refractivity contribution in [2.75, 3.05) is 0 Å². The molecule has 122 valence electrons. The van der Waals surface area contributed by atoms with Gasteiger partial charge in [-0.15, -0.1) is 0 Å². The van der Waals surface area contributed by atoms with Crippen LogP contribution in [0.4, 0.5) is 4.79 Å². The monoisotopic (exact) mass is 332 g/mol. The van der Waals surface area contributed by atoms with Gasteiger partial charge >= 0.3 is 6.03 Å². The number of nitrogens with one attached hydrogen (secondary N) is 1. The largest absolute Gasteiger partial charge is 0.351 e. The summed E-state index contributed by atoms with van der Waals surface area (Å²) in [5.74, 6) is -0.426. The summed E-state index contributed by atoms with van der Waals surface area (Å²) in [6, 6.07) is 7.37. The predicted molar refractivity (Wildman–Crippen MR) is 91.1 cm³/mol. The molecule has 0 aliphatic rings. The Morgan fingerprint density at radius 2 is 2.00 bits per heavy atom. The van der Waals surface area contributed by atoms with Crippen LogP contribution in [0.1, 0.15) is 19.4 Å². The van der Waals surface area contributed by atoms with Crippen LogP contribution in [0.15, 0.2) is 35.6 Å². The molecule has 2 aromatic rings. The number of nitrogens with two attached hydrogens (primary N) is 1. The minimum Gasteiger partial charge on any atom is -0.351 e. The molecule has 0 aliphatic heterocycles. The van der Waals surface area contributed by atoms with Crippen LogP contribution >= 0.6 is 11.8 Å². The number of benzene rings is 1. The van der Waals surface area contributed by atoms with Crippen molar-refractivity contribution in [2.45, 2.75) is 37.7 Å². The summed E-state index contributed by atoms with van der Waals surface area (Å²) in [7, 11) is 0. The molecule has 0 radical (unpaired) electrons. The van der Waals surface area contributed by atoms with Gasteiger partial charge < -0.3 is 10.3 Å². The molecule has 0 saturated carbocycles. The number of carbonyl (C=O) groups is 2. The minimum atomic E-state index is -0.846. The number of imide groups is 1. The number of thioether (sulfide) groups is 1. The van der Waals surface area contributed by atoms with Gasteiger partial charge in [-0.1, -0.05) is 41.6 Å². The van der Waals surface area contributed by atoms with Crippen LogP contribution in [-0.4, -0.2) is 26.7 Å². The van der Waals surface area contributed by atoms with Crippen molar-refractivity contribution in [2.24, 2.45) is 5.73 Å². The lowest BCUT2D eigenvalue weighted by Crippen LogP contribution is -2.39. The molecule has 3 amide bonds. The summed E-state index contributed by atoms with van der Waals surface area (Å²) < 4.78 is 2.05. The molecule has 2 rings (SSSR count). The maximum atomic E-state index is 11.8. The van der Waals surface area contributed by atoms with Gasteiger partial charge in [0.2, 0.25) is 5.91 Å². The van der Waals surface area contributed by atoms with E-state index in [1.54, 1.807) is 13.1 Å². The van der Waals surface area contributed by atoms with E-state index in [1.807, 2.05) is 18.4 Å². The Kier molecular flexibility index (Phi) is 5.44. The molecule has 0 bridgehead atoms. The number of nitrogens with zero attached hydrogens (tertiary/aromatic N) is 2. The molecule has 1 aromatic heterocycles. The van der Waals surface area contributed by atoms with Gasteiger partial charge in [-0.25, -0.2) is 9.78 Å². The maximum absolute atomic E-state index is 11.8. The van der Waals surface area contributed by atoms with Crippen molar-refractivity contribution >= 4 is 23.7 Å². The third kappa shape index (κ3) is 4.13. The Hall–Kier alpha value is -2.28. The van der Waals surface area contributed by atoms with Gasteiger partial charge in [-0.05, 0) is 26.3 Å². The second kappa shape index (κ2) is 7.32. The molecule has 0 spiro atoms. The molecule has 1 atom stereocenters. The molecule has 0 saturated heterocycles. The highest BCUT2D eigenvalue weighted by Crippen LogP contribution is 2.28. The molecule has 1 aromatic carbocycles. The molecule has 1 heterocycles. The first kappa shape index (κ1) is 17.1.